The summed E-state index contributed by atoms with van der Waals surface area (Å²) in [5, 5.41) is 2.93. The second-order valence-electron chi connectivity index (χ2n) is 8.73. The predicted molar refractivity (Wildman–Crippen MR) is 129 cm³/mol. The summed E-state index contributed by atoms with van der Waals surface area (Å²) >= 11 is 0. The highest BCUT2D eigenvalue weighted by Crippen LogP contribution is 2.22. The number of sulfonamides is 1. The lowest BCUT2D eigenvalue weighted by atomic mass is 10.1. The molecule has 0 unspecified atom stereocenters. The SMILES string of the molecule is Cc1cc(C)c(NC(=O)CN(C)CC(=O)N2CCN(S(=O)(=O)c3ccc(F)cc3)CC2)c(C)c1. The minimum atomic E-state index is -3.74. The van der Waals surface area contributed by atoms with Crippen LogP contribution in [-0.2, 0) is 19.6 Å². The van der Waals surface area contributed by atoms with Gasteiger partial charge in [0.05, 0.1) is 18.0 Å². The number of nitrogens with one attached hydrogen (secondary N) is 1. The Morgan fingerprint density at radius 2 is 1.53 bits per heavy atom. The van der Waals surface area contributed by atoms with Crippen molar-refractivity contribution in [3.8, 4) is 0 Å². The summed E-state index contributed by atoms with van der Waals surface area (Å²) in [6.07, 6.45) is 0. The Labute approximate surface area is 200 Å². The number of rotatable bonds is 7. The van der Waals surface area contributed by atoms with Crippen molar-refractivity contribution in [3.05, 3.63) is 58.9 Å². The fourth-order valence-corrected chi connectivity index (χ4v) is 5.54. The van der Waals surface area contributed by atoms with Crippen LogP contribution in [0.1, 0.15) is 16.7 Å². The number of carbonyl (C=O) groups excluding carboxylic acids is 2. The molecule has 1 aliphatic heterocycles. The first-order valence-electron chi connectivity index (χ1n) is 11.1. The molecule has 8 nitrogen and oxygen atoms in total. The van der Waals surface area contributed by atoms with E-state index in [2.05, 4.69) is 5.32 Å². The number of carbonyl (C=O) groups is 2. The molecule has 1 N–H and O–H groups in total. The molecule has 34 heavy (non-hydrogen) atoms. The molecule has 2 amide bonds. The van der Waals surface area contributed by atoms with Crippen molar-refractivity contribution < 1.29 is 22.4 Å². The van der Waals surface area contributed by atoms with E-state index in [1.54, 1.807) is 16.8 Å². The van der Waals surface area contributed by atoms with Gasteiger partial charge in [0.25, 0.3) is 0 Å². The summed E-state index contributed by atoms with van der Waals surface area (Å²) in [4.78, 5) is 28.5. The third-order valence-corrected chi connectivity index (χ3v) is 7.72. The van der Waals surface area contributed by atoms with E-state index >= 15 is 0 Å². The van der Waals surface area contributed by atoms with Crippen molar-refractivity contribution in [2.45, 2.75) is 25.7 Å². The van der Waals surface area contributed by atoms with Crippen LogP contribution in [0.5, 0.6) is 0 Å². The molecular formula is C24H31FN4O4S. The van der Waals surface area contributed by atoms with Gasteiger partial charge in [0, 0.05) is 31.9 Å². The topological polar surface area (TPSA) is 90.0 Å². The van der Waals surface area contributed by atoms with E-state index in [9.17, 15) is 22.4 Å². The number of hydrogen-bond acceptors (Lipinski definition) is 5. The molecule has 1 saturated heterocycles. The number of aryl methyl sites for hydroxylation is 3. The maximum absolute atomic E-state index is 13.1. The van der Waals surface area contributed by atoms with Gasteiger partial charge < -0.3 is 10.2 Å². The van der Waals surface area contributed by atoms with E-state index in [1.807, 2.05) is 32.9 Å². The van der Waals surface area contributed by atoms with E-state index < -0.39 is 15.8 Å². The van der Waals surface area contributed by atoms with Crippen molar-refractivity contribution in [1.29, 1.82) is 0 Å². The van der Waals surface area contributed by atoms with Crippen LogP contribution in [0.15, 0.2) is 41.3 Å². The van der Waals surface area contributed by atoms with Gasteiger partial charge in [-0.3, -0.25) is 14.5 Å². The minimum absolute atomic E-state index is 0.0264. The van der Waals surface area contributed by atoms with Crippen LogP contribution in [-0.4, -0.2) is 80.7 Å². The highest BCUT2D eigenvalue weighted by Gasteiger charge is 2.30. The quantitative estimate of drug-likeness (QED) is 0.643. The molecule has 1 aliphatic rings. The van der Waals surface area contributed by atoms with Crippen molar-refractivity contribution in [3.63, 3.8) is 0 Å². The molecule has 0 aromatic heterocycles. The Kier molecular flexibility index (Phi) is 8.06. The average Bonchev–Trinajstić information content (AvgIpc) is 2.76. The summed E-state index contributed by atoms with van der Waals surface area (Å²) < 4.78 is 39.9. The first-order chi connectivity index (χ1) is 16.0. The fraction of sp³-hybridized carbons (Fsp3) is 0.417. The molecule has 1 fully saturated rings. The number of likely N-dealkylation sites (N-methyl/N-ethyl adjacent to an activating group) is 1. The van der Waals surface area contributed by atoms with Gasteiger partial charge in [-0.2, -0.15) is 4.31 Å². The maximum atomic E-state index is 13.1. The molecule has 0 spiro atoms. The molecule has 2 aromatic rings. The van der Waals surface area contributed by atoms with E-state index in [4.69, 9.17) is 0 Å². The molecule has 184 valence electrons. The van der Waals surface area contributed by atoms with Crippen molar-refractivity contribution in [2.75, 3.05) is 51.6 Å². The standard InChI is InChI=1S/C24H31FN4O4S/c1-17-13-18(2)24(19(3)14-17)26-22(30)15-27(4)16-23(31)28-9-11-29(12-10-28)34(32,33)21-7-5-20(25)6-8-21/h5-8,13-14H,9-12,15-16H2,1-4H3,(H,26,30). The Morgan fingerprint density at radius 3 is 2.09 bits per heavy atom. The predicted octanol–water partition coefficient (Wildman–Crippen LogP) is 2.15. The van der Waals surface area contributed by atoms with Crippen molar-refractivity contribution in [1.82, 2.24) is 14.1 Å². The second kappa shape index (κ2) is 10.6. The normalized spacial score (nSPS) is 14.9. The van der Waals surface area contributed by atoms with Gasteiger partial charge in [-0.1, -0.05) is 17.7 Å². The van der Waals surface area contributed by atoms with Gasteiger partial charge in [0.2, 0.25) is 21.8 Å². The van der Waals surface area contributed by atoms with Crippen LogP contribution in [0.3, 0.4) is 0 Å². The summed E-state index contributed by atoms with van der Waals surface area (Å²) in [5.41, 5.74) is 3.88. The van der Waals surface area contributed by atoms with Crippen molar-refractivity contribution >= 4 is 27.5 Å². The number of hydrogen-bond donors (Lipinski definition) is 1. The van der Waals surface area contributed by atoms with Crippen LogP contribution in [0.25, 0.3) is 0 Å². The van der Waals surface area contributed by atoms with Gasteiger partial charge in [-0.15, -0.1) is 0 Å². The zero-order valence-corrected chi connectivity index (χ0v) is 20.8. The lowest BCUT2D eigenvalue weighted by molar-refractivity contribution is -0.133. The molecule has 2 aromatic carbocycles. The van der Waals surface area contributed by atoms with Crippen LogP contribution in [0, 0.1) is 26.6 Å². The lowest BCUT2D eigenvalue weighted by Gasteiger charge is -2.34. The monoisotopic (exact) mass is 490 g/mol. The van der Waals surface area contributed by atoms with E-state index in [-0.39, 0.29) is 56.0 Å². The average molecular weight is 491 g/mol. The van der Waals surface area contributed by atoms with Crippen LogP contribution >= 0.6 is 0 Å². The van der Waals surface area contributed by atoms with Crippen LogP contribution in [0.4, 0.5) is 10.1 Å². The van der Waals surface area contributed by atoms with E-state index in [0.717, 1.165) is 34.5 Å². The largest absolute Gasteiger partial charge is 0.339 e. The fourth-order valence-electron chi connectivity index (χ4n) is 4.12. The third kappa shape index (κ3) is 6.19. The number of halogens is 1. The van der Waals surface area contributed by atoms with Crippen molar-refractivity contribution in [2.24, 2.45) is 0 Å². The third-order valence-electron chi connectivity index (χ3n) is 5.80. The molecule has 3 rings (SSSR count). The number of nitrogens with zero attached hydrogens (tertiary/aromatic N) is 3. The zero-order chi connectivity index (χ0) is 25.0. The maximum Gasteiger partial charge on any atom is 0.243 e. The molecule has 0 saturated carbocycles. The molecular weight excluding hydrogens is 459 g/mol. The molecule has 0 radical (unpaired) electrons. The molecule has 0 atom stereocenters. The van der Waals surface area contributed by atoms with Crippen LogP contribution in [0.2, 0.25) is 0 Å². The Morgan fingerprint density at radius 1 is 0.971 bits per heavy atom. The summed E-state index contributed by atoms with van der Waals surface area (Å²) in [7, 11) is -2.05. The summed E-state index contributed by atoms with van der Waals surface area (Å²) in [5.74, 6) is -0.881. The highest BCUT2D eigenvalue weighted by atomic mass is 32.2. The molecule has 0 aliphatic carbocycles. The zero-order valence-electron chi connectivity index (χ0n) is 20.0. The van der Waals surface area contributed by atoms with Gasteiger partial charge >= 0.3 is 0 Å². The molecule has 0 bridgehead atoms. The first kappa shape index (κ1) is 25.8. The Hall–Kier alpha value is -2.82. The van der Waals surface area contributed by atoms with Gasteiger partial charge in [-0.05, 0) is 63.2 Å². The number of amides is 2. The Bertz CT molecular complexity index is 1140. The smallest absolute Gasteiger partial charge is 0.243 e. The first-order valence-corrected chi connectivity index (χ1v) is 12.5. The molecule has 1 heterocycles. The Balaban J connectivity index is 1.50. The van der Waals surface area contributed by atoms with Crippen LogP contribution < -0.4 is 5.32 Å². The van der Waals surface area contributed by atoms with Gasteiger partial charge in [-0.25, -0.2) is 12.8 Å². The number of piperazine rings is 1. The summed E-state index contributed by atoms with van der Waals surface area (Å²) in [6.45, 7) is 6.80. The van der Waals surface area contributed by atoms with E-state index in [0.29, 0.717) is 0 Å². The summed E-state index contributed by atoms with van der Waals surface area (Å²) in [6, 6.07) is 8.71. The van der Waals surface area contributed by atoms with Gasteiger partial charge in [0.1, 0.15) is 5.82 Å². The highest BCUT2D eigenvalue weighted by molar-refractivity contribution is 7.89. The van der Waals surface area contributed by atoms with E-state index in [1.165, 1.54) is 16.4 Å². The molecule has 10 heteroatoms. The van der Waals surface area contributed by atoms with Gasteiger partial charge in [0.15, 0.2) is 0 Å². The lowest BCUT2D eigenvalue weighted by Crippen LogP contribution is -2.52. The number of benzene rings is 2. The number of anilines is 1. The second-order valence-corrected chi connectivity index (χ2v) is 10.7. The minimum Gasteiger partial charge on any atom is -0.339 e.